The van der Waals surface area contributed by atoms with E-state index in [1.54, 1.807) is 0 Å². The summed E-state index contributed by atoms with van der Waals surface area (Å²) < 4.78 is 0. The largest absolute Gasteiger partial charge is 0.298 e. The van der Waals surface area contributed by atoms with Crippen molar-refractivity contribution in [2.45, 2.75) is 70.9 Å². The van der Waals surface area contributed by atoms with Crippen molar-refractivity contribution in [2.24, 2.45) is 5.41 Å². The van der Waals surface area contributed by atoms with E-state index in [1.807, 2.05) is 0 Å². The summed E-state index contributed by atoms with van der Waals surface area (Å²) in [5.74, 6) is 0. The predicted octanol–water partition coefficient (Wildman–Crippen LogP) is 3.13. The molecule has 3 fully saturated rings. The Morgan fingerprint density at radius 3 is 2.67 bits per heavy atom. The Hall–Kier alpha value is -0.0800. The molecule has 2 saturated heterocycles. The van der Waals surface area contributed by atoms with Crippen molar-refractivity contribution in [1.29, 1.82) is 0 Å². The number of rotatable bonds is 5. The number of fused-ring (bicyclic) bond motifs is 1. The van der Waals surface area contributed by atoms with Gasteiger partial charge in [-0.05, 0) is 50.5 Å². The molecule has 2 atom stereocenters. The van der Waals surface area contributed by atoms with Crippen LogP contribution in [0.15, 0.2) is 0 Å². The topological polar surface area (TPSA) is 6.48 Å². The second-order valence-electron chi connectivity index (χ2n) is 7.03. The van der Waals surface area contributed by atoms with Crippen molar-refractivity contribution in [3.8, 4) is 0 Å². The van der Waals surface area contributed by atoms with E-state index in [0.717, 1.165) is 17.5 Å². The number of hydrogen-bond donors (Lipinski definition) is 0. The van der Waals surface area contributed by atoms with Crippen LogP contribution in [0.4, 0.5) is 0 Å². The fourth-order valence-electron chi connectivity index (χ4n) is 4.35. The first-order valence-electron chi connectivity index (χ1n) is 8.24. The molecule has 0 spiro atoms. The molecule has 0 aromatic heterocycles. The molecular formula is C16H30N2. The highest BCUT2D eigenvalue weighted by molar-refractivity contribution is 4.99. The van der Waals surface area contributed by atoms with E-state index in [9.17, 15) is 0 Å². The van der Waals surface area contributed by atoms with Crippen LogP contribution in [0.3, 0.4) is 0 Å². The van der Waals surface area contributed by atoms with Gasteiger partial charge in [0, 0.05) is 31.7 Å². The van der Waals surface area contributed by atoms with Crippen molar-refractivity contribution in [1.82, 2.24) is 9.80 Å². The fraction of sp³-hybridized carbons (Fsp3) is 1.00. The van der Waals surface area contributed by atoms with E-state index in [-0.39, 0.29) is 0 Å². The van der Waals surface area contributed by atoms with Gasteiger partial charge in [-0.25, -0.2) is 0 Å². The Labute approximate surface area is 113 Å². The average Bonchev–Trinajstić information content (AvgIpc) is 2.97. The molecule has 0 aromatic rings. The summed E-state index contributed by atoms with van der Waals surface area (Å²) in [6.45, 7) is 10.2. The lowest BCUT2D eigenvalue weighted by Gasteiger charge is -2.45. The summed E-state index contributed by atoms with van der Waals surface area (Å²) in [6.07, 6.45) is 10.1. The molecule has 0 aromatic carbocycles. The molecule has 3 rings (SSSR count). The van der Waals surface area contributed by atoms with Crippen molar-refractivity contribution in [3.05, 3.63) is 0 Å². The van der Waals surface area contributed by atoms with Gasteiger partial charge in [-0.1, -0.05) is 20.3 Å². The van der Waals surface area contributed by atoms with Gasteiger partial charge in [-0.3, -0.25) is 9.80 Å². The SMILES string of the molecule is CCCC1(CN2CC3CCCN3CC2CC)CC1. The van der Waals surface area contributed by atoms with Crippen LogP contribution < -0.4 is 0 Å². The first-order chi connectivity index (χ1) is 8.76. The van der Waals surface area contributed by atoms with E-state index in [2.05, 4.69) is 23.6 Å². The second-order valence-corrected chi connectivity index (χ2v) is 7.03. The molecule has 0 N–H and O–H groups in total. The Morgan fingerprint density at radius 1 is 1.17 bits per heavy atom. The molecule has 0 amide bonds. The minimum Gasteiger partial charge on any atom is -0.298 e. The van der Waals surface area contributed by atoms with Crippen LogP contribution in [0.2, 0.25) is 0 Å². The maximum Gasteiger partial charge on any atom is 0.0224 e. The van der Waals surface area contributed by atoms with Crippen molar-refractivity contribution >= 4 is 0 Å². The lowest BCUT2D eigenvalue weighted by atomic mass is 9.96. The van der Waals surface area contributed by atoms with Gasteiger partial charge in [0.2, 0.25) is 0 Å². The molecule has 0 radical (unpaired) electrons. The van der Waals surface area contributed by atoms with Crippen LogP contribution in [0, 0.1) is 5.41 Å². The standard InChI is InChI=1S/C16H30N2/c1-3-7-16(8-9-16)13-18-12-15-6-5-10-17(15)11-14(18)4-2/h14-15H,3-13H2,1-2H3. The molecule has 2 heterocycles. The fourth-order valence-corrected chi connectivity index (χ4v) is 4.35. The molecule has 104 valence electrons. The number of nitrogens with zero attached hydrogens (tertiary/aromatic N) is 2. The molecular weight excluding hydrogens is 220 g/mol. The summed E-state index contributed by atoms with van der Waals surface area (Å²) in [5.41, 5.74) is 0.739. The van der Waals surface area contributed by atoms with Gasteiger partial charge in [-0.15, -0.1) is 0 Å². The third-order valence-electron chi connectivity index (χ3n) is 5.65. The summed E-state index contributed by atoms with van der Waals surface area (Å²) in [5, 5.41) is 0. The molecule has 18 heavy (non-hydrogen) atoms. The van der Waals surface area contributed by atoms with E-state index in [1.165, 1.54) is 71.1 Å². The van der Waals surface area contributed by atoms with Crippen LogP contribution in [-0.4, -0.2) is 48.1 Å². The van der Waals surface area contributed by atoms with Crippen molar-refractivity contribution in [2.75, 3.05) is 26.2 Å². The minimum atomic E-state index is 0.739. The van der Waals surface area contributed by atoms with Gasteiger partial charge in [-0.2, -0.15) is 0 Å². The Balaban J connectivity index is 1.62. The lowest BCUT2D eigenvalue weighted by Crippen LogP contribution is -2.56. The summed E-state index contributed by atoms with van der Waals surface area (Å²) in [6, 6.07) is 1.74. The van der Waals surface area contributed by atoms with Crippen molar-refractivity contribution in [3.63, 3.8) is 0 Å². The highest BCUT2D eigenvalue weighted by Gasteiger charge is 2.45. The predicted molar refractivity (Wildman–Crippen MR) is 76.8 cm³/mol. The Kier molecular flexibility index (Phi) is 3.68. The van der Waals surface area contributed by atoms with Gasteiger partial charge < -0.3 is 0 Å². The Morgan fingerprint density at radius 2 is 2.00 bits per heavy atom. The van der Waals surface area contributed by atoms with Gasteiger partial charge in [0.15, 0.2) is 0 Å². The average molecular weight is 250 g/mol. The lowest BCUT2D eigenvalue weighted by molar-refractivity contribution is 0.0336. The summed E-state index contributed by atoms with van der Waals surface area (Å²) >= 11 is 0. The highest BCUT2D eigenvalue weighted by atomic mass is 15.3. The van der Waals surface area contributed by atoms with Crippen molar-refractivity contribution < 1.29 is 0 Å². The molecule has 3 aliphatic rings. The quantitative estimate of drug-likeness (QED) is 0.739. The molecule has 1 saturated carbocycles. The minimum absolute atomic E-state index is 0.739. The maximum atomic E-state index is 2.87. The first kappa shape index (κ1) is 12.9. The Bertz CT molecular complexity index is 285. The van der Waals surface area contributed by atoms with E-state index < -0.39 is 0 Å². The van der Waals surface area contributed by atoms with E-state index in [4.69, 9.17) is 0 Å². The van der Waals surface area contributed by atoms with Crippen LogP contribution in [0.1, 0.15) is 58.8 Å². The third-order valence-corrected chi connectivity index (χ3v) is 5.65. The smallest absolute Gasteiger partial charge is 0.0224 e. The van der Waals surface area contributed by atoms with E-state index >= 15 is 0 Å². The van der Waals surface area contributed by atoms with Gasteiger partial charge in [0.05, 0.1) is 0 Å². The maximum absolute atomic E-state index is 2.87. The summed E-state index contributed by atoms with van der Waals surface area (Å²) in [4.78, 5) is 5.64. The van der Waals surface area contributed by atoms with E-state index in [0.29, 0.717) is 0 Å². The van der Waals surface area contributed by atoms with Crippen LogP contribution in [-0.2, 0) is 0 Å². The second kappa shape index (κ2) is 5.13. The van der Waals surface area contributed by atoms with Crippen LogP contribution >= 0.6 is 0 Å². The third kappa shape index (κ3) is 2.46. The normalized spacial score (nSPS) is 35.7. The molecule has 2 nitrogen and oxygen atoms in total. The molecule has 1 aliphatic carbocycles. The molecule has 2 unspecified atom stereocenters. The summed E-state index contributed by atoms with van der Waals surface area (Å²) in [7, 11) is 0. The monoisotopic (exact) mass is 250 g/mol. The highest BCUT2D eigenvalue weighted by Crippen LogP contribution is 2.50. The zero-order valence-electron chi connectivity index (χ0n) is 12.3. The number of hydrogen-bond acceptors (Lipinski definition) is 2. The van der Waals surface area contributed by atoms with Crippen LogP contribution in [0.25, 0.3) is 0 Å². The number of piperazine rings is 1. The molecule has 2 heteroatoms. The van der Waals surface area contributed by atoms with Crippen LogP contribution in [0.5, 0.6) is 0 Å². The van der Waals surface area contributed by atoms with Gasteiger partial charge in [0.25, 0.3) is 0 Å². The molecule has 0 bridgehead atoms. The zero-order chi connectivity index (χ0) is 12.6. The zero-order valence-corrected chi connectivity index (χ0v) is 12.3. The first-order valence-corrected chi connectivity index (χ1v) is 8.24. The molecule has 2 aliphatic heterocycles. The van der Waals surface area contributed by atoms with Gasteiger partial charge >= 0.3 is 0 Å². The van der Waals surface area contributed by atoms with Gasteiger partial charge in [0.1, 0.15) is 0 Å².